The van der Waals surface area contributed by atoms with E-state index < -0.39 is 5.97 Å². The number of carbonyl (C=O) groups is 1. The number of methoxy groups -OCH3 is 2. The molecule has 0 fully saturated rings. The number of aromatic nitrogens is 1. The van der Waals surface area contributed by atoms with Crippen molar-refractivity contribution in [2.24, 2.45) is 0 Å². The normalized spacial score (nSPS) is 10.8. The van der Waals surface area contributed by atoms with Crippen molar-refractivity contribution in [1.29, 1.82) is 0 Å². The van der Waals surface area contributed by atoms with E-state index in [1.165, 1.54) is 0 Å². The second-order valence-corrected chi connectivity index (χ2v) is 8.33. The van der Waals surface area contributed by atoms with Crippen molar-refractivity contribution in [2.45, 2.75) is 33.6 Å². The highest BCUT2D eigenvalue weighted by molar-refractivity contribution is 5.95. The number of nitrogens with zero attached hydrogens (tertiary/aromatic N) is 1. The van der Waals surface area contributed by atoms with Gasteiger partial charge in [-0.05, 0) is 60.9 Å². The Morgan fingerprint density at radius 2 is 1.42 bits per heavy atom. The molecule has 4 rings (SSSR count). The Hall–Kier alpha value is -4.26. The van der Waals surface area contributed by atoms with E-state index in [1.54, 1.807) is 38.6 Å². The molecule has 0 aliphatic carbocycles. The summed E-state index contributed by atoms with van der Waals surface area (Å²) < 4.78 is 23.9. The van der Waals surface area contributed by atoms with Crippen LogP contribution in [0.3, 0.4) is 0 Å². The maximum atomic E-state index is 13.3. The molecule has 36 heavy (non-hydrogen) atoms. The van der Waals surface area contributed by atoms with Crippen molar-refractivity contribution >= 4 is 16.9 Å². The molecule has 1 heterocycles. The summed E-state index contributed by atoms with van der Waals surface area (Å²) in [5, 5.41) is 0.408. The molecule has 0 N–H and O–H groups in total. The van der Waals surface area contributed by atoms with E-state index in [0.29, 0.717) is 35.6 Å². The lowest BCUT2D eigenvalue weighted by molar-refractivity contribution is 0.0470. The summed E-state index contributed by atoms with van der Waals surface area (Å²) in [7, 11) is 3.21. The molecule has 0 spiro atoms. The van der Waals surface area contributed by atoms with Crippen molar-refractivity contribution in [3.8, 4) is 17.2 Å². The topological polar surface area (TPSA) is 76.0 Å². The van der Waals surface area contributed by atoms with Crippen molar-refractivity contribution in [3.63, 3.8) is 0 Å². The van der Waals surface area contributed by atoms with Gasteiger partial charge >= 0.3 is 5.97 Å². The molecule has 186 valence electrons. The predicted octanol–water partition coefficient (Wildman–Crippen LogP) is 5.28. The molecule has 7 nitrogen and oxygen atoms in total. The average Bonchev–Trinajstić information content (AvgIpc) is 2.92. The molecule has 0 bridgehead atoms. The van der Waals surface area contributed by atoms with Crippen molar-refractivity contribution in [3.05, 3.63) is 99.3 Å². The summed E-state index contributed by atoms with van der Waals surface area (Å²) in [5.74, 6) is 1.43. The van der Waals surface area contributed by atoms with Gasteiger partial charge in [0.2, 0.25) is 5.43 Å². The highest BCUT2D eigenvalue weighted by atomic mass is 16.5. The van der Waals surface area contributed by atoms with Gasteiger partial charge in [-0.3, -0.25) is 4.79 Å². The fraction of sp³-hybridized carbons (Fsp3) is 0.241. The van der Waals surface area contributed by atoms with E-state index in [9.17, 15) is 9.59 Å². The molecule has 0 saturated heterocycles. The van der Waals surface area contributed by atoms with Gasteiger partial charge in [-0.25, -0.2) is 4.79 Å². The van der Waals surface area contributed by atoms with Crippen LogP contribution < -0.4 is 19.6 Å². The summed E-state index contributed by atoms with van der Waals surface area (Å²) >= 11 is 0. The third-order valence-corrected chi connectivity index (χ3v) is 6.02. The number of hydrogen-bond donors (Lipinski definition) is 0. The van der Waals surface area contributed by atoms with Crippen LogP contribution >= 0.6 is 0 Å². The number of hydrogen-bond acceptors (Lipinski definition) is 6. The monoisotopic (exact) mass is 487 g/mol. The molecule has 3 aromatic carbocycles. The van der Waals surface area contributed by atoms with E-state index in [-0.39, 0.29) is 17.6 Å². The highest BCUT2D eigenvalue weighted by Gasteiger charge is 2.20. The summed E-state index contributed by atoms with van der Waals surface area (Å²) in [6, 6.07) is 18.4. The third kappa shape index (κ3) is 5.20. The largest absolute Gasteiger partial charge is 0.497 e. The fourth-order valence-corrected chi connectivity index (χ4v) is 3.97. The van der Waals surface area contributed by atoms with E-state index >= 15 is 0 Å². The number of aryl methyl sites for hydroxylation is 2. The number of benzene rings is 3. The number of rotatable bonds is 9. The Morgan fingerprint density at radius 1 is 0.833 bits per heavy atom. The molecule has 0 radical (unpaired) electrons. The third-order valence-electron chi connectivity index (χ3n) is 6.02. The molecule has 7 heteroatoms. The first kappa shape index (κ1) is 24.9. The smallest absolute Gasteiger partial charge is 0.343 e. The van der Waals surface area contributed by atoms with Gasteiger partial charge in [-0.2, -0.15) is 0 Å². The molecule has 4 aromatic rings. The zero-order valence-electron chi connectivity index (χ0n) is 20.9. The van der Waals surface area contributed by atoms with Crippen LogP contribution in [-0.2, 0) is 24.5 Å². The van der Waals surface area contributed by atoms with Gasteiger partial charge < -0.3 is 23.5 Å². The van der Waals surface area contributed by atoms with E-state index in [4.69, 9.17) is 18.9 Å². The highest BCUT2D eigenvalue weighted by Crippen LogP contribution is 2.30. The Morgan fingerprint density at radius 3 is 1.97 bits per heavy atom. The second-order valence-electron chi connectivity index (χ2n) is 8.33. The minimum absolute atomic E-state index is 0.0113. The van der Waals surface area contributed by atoms with Crippen LogP contribution in [0, 0.1) is 6.92 Å². The minimum Gasteiger partial charge on any atom is -0.497 e. The predicted molar refractivity (Wildman–Crippen MR) is 138 cm³/mol. The summed E-state index contributed by atoms with van der Waals surface area (Å²) in [6.07, 6.45) is 1.56. The zero-order chi connectivity index (χ0) is 25.7. The Kier molecular flexibility index (Phi) is 7.59. The Bertz CT molecular complexity index is 1420. The Balaban J connectivity index is 1.62. The summed E-state index contributed by atoms with van der Waals surface area (Å²) in [5.41, 5.74) is 2.92. The quantitative estimate of drug-likeness (QED) is 0.299. The lowest BCUT2D eigenvalue weighted by Crippen LogP contribution is -2.21. The first-order chi connectivity index (χ1) is 17.4. The maximum absolute atomic E-state index is 13.3. The number of fused-ring (bicyclic) bond motifs is 1. The molecular weight excluding hydrogens is 458 g/mol. The lowest BCUT2D eigenvalue weighted by Gasteiger charge is -2.17. The van der Waals surface area contributed by atoms with Gasteiger partial charge in [-0.15, -0.1) is 0 Å². The second kappa shape index (κ2) is 11.0. The number of esters is 1. The van der Waals surface area contributed by atoms with Crippen molar-refractivity contribution < 1.29 is 23.7 Å². The standard InChI is InChI=1S/C29H29NO6/c1-5-30-16-25(29(32)36-18-21-9-13-23(34-4)14-10-21)27(31)24-15-6-19(2)28(26(24)30)35-17-20-7-11-22(33-3)12-8-20/h6-16H,5,17-18H2,1-4H3. The fourth-order valence-electron chi connectivity index (χ4n) is 3.97. The zero-order valence-corrected chi connectivity index (χ0v) is 20.9. The summed E-state index contributed by atoms with van der Waals surface area (Å²) in [4.78, 5) is 26.2. The first-order valence-electron chi connectivity index (χ1n) is 11.7. The van der Waals surface area contributed by atoms with Gasteiger partial charge in [0, 0.05) is 12.7 Å². The van der Waals surface area contributed by atoms with Gasteiger partial charge in [0.15, 0.2) is 0 Å². The van der Waals surface area contributed by atoms with Crippen LogP contribution in [0.25, 0.3) is 10.9 Å². The van der Waals surface area contributed by atoms with E-state index in [0.717, 1.165) is 22.4 Å². The van der Waals surface area contributed by atoms with Crippen LogP contribution in [0.5, 0.6) is 17.2 Å². The molecular formula is C29H29NO6. The van der Waals surface area contributed by atoms with E-state index in [1.807, 2.05) is 60.9 Å². The molecule has 0 unspecified atom stereocenters. The molecule has 0 aliphatic rings. The minimum atomic E-state index is -0.666. The number of ether oxygens (including phenoxy) is 4. The van der Waals surface area contributed by atoms with Gasteiger partial charge in [0.1, 0.15) is 36.0 Å². The lowest BCUT2D eigenvalue weighted by atomic mass is 10.1. The van der Waals surface area contributed by atoms with Crippen LogP contribution in [0.1, 0.15) is 34.0 Å². The molecule has 0 atom stereocenters. The maximum Gasteiger partial charge on any atom is 0.343 e. The SMILES string of the molecule is CCn1cc(C(=O)OCc2ccc(OC)cc2)c(=O)c2ccc(C)c(OCc3ccc(OC)cc3)c21. The van der Waals surface area contributed by atoms with Crippen LogP contribution in [-0.4, -0.2) is 24.8 Å². The number of pyridine rings is 1. The van der Waals surface area contributed by atoms with Crippen molar-refractivity contribution in [1.82, 2.24) is 4.57 Å². The van der Waals surface area contributed by atoms with Gasteiger partial charge in [0.05, 0.1) is 25.1 Å². The first-order valence-corrected chi connectivity index (χ1v) is 11.7. The number of carbonyl (C=O) groups excluding carboxylic acids is 1. The van der Waals surface area contributed by atoms with Gasteiger partial charge in [0.25, 0.3) is 0 Å². The molecule has 0 saturated carbocycles. The van der Waals surface area contributed by atoms with Crippen molar-refractivity contribution in [2.75, 3.05) is 14.2 Å². The molecule has 0 amide bonds. The average molecular weight is 488 g/mol. The van der Waals surface area contributed by atoms with Crippen LogP contribution in [0.4, 0.5) is 0 Å². The van der Waals surface area contributed by atoms with E-state index in [2.05, 4.69) is 0 Å². The molecule has 0 aliphatic heterocycles. The van der Waals surface area contributed by atoms with Gasteiger partial charge in [-0.1, -0.05) is 30.3 Å². The summed E-state index contributed by atoms with van der Waals surface area (Å²) in [6.45, 7) is 4.80. The Labute approximate surface area is 209 Å². The van der Waals surface area contributed by atoms with Crippen LogP contribution in [0.15, 0.2) is 71.7 Å². The molecule has 1 aromatic heterocycles. The van der Waals surface area contributed by atoms with Crippen LogP contribution in [0.2, 0.25) is 0 Å².